The molecule has 0 radical (unpaired) electrons. The van der Waals surface area contributed by atoms with Gasteiger partial charge in [-0.2, -0.15) is 10.4 Å². The molecule has 92 valence electrons. The first kappa shape index (κ1) is 12.5. The van der Waals surface area contributed by atoms with E-state index in [9.17, 15) is 0 Å². The van der Waals surface area contributed by atoms with Gasteiger partial charge in [0.25, 0.3) is 0 Å². The molecule has 0 unspecified atom stereocenters. The molecule has 0 bridgehead atoms. The van der Waals surface area contributed by atoms with Crippen LogP contribution in [0.2, 0.25) is 5.02 Å². The smallest absolute Gasteiger partial charge is 0.139 e. The van der Waals surface area contributed by atoms with Crippen molar-refractivity contribution in [2.45, 2.75) is 13.5 Å². The van der Waals surface area contributed by atoms with Crippen molar-refractivity contribution in [2.75, 3.05) is 0 Å². The Morgan fingerprint density at radius 1 is 1.44 bits per heavy atom. The summed E-state index contributed by atoms with van der Waals surface area (Å²) in [6.07, 6.45) is 0. The fourth-order valence-corrected chi connectivity index (χ4v) is 1.82. The third-order valence-corrected chi connectivity index (χ3v) is 2.77. The molecule has 1 aromatic carbocycles. The quantitative estimate of drug-likeness (QED) is 0.854. The lowest BCUT2D eigenvalue weighted by Gasteiger charge is -2.08. The van der Waals surface area contributed by atoms with E-state index in [1.807, 2.05) is 20.0 Å². The Labute approximate surface area is 110 Å². The number of aryl methyl sites for hydroxylation is 2. The van der Waals surface area contributed by atoms with Crippen molar-refractivity contribution >= 4 is 11.6 Å². The average Bonchev–Trinajstić information content (AvgIpc) is 2.65. The highest BCUT2D eigenvalue weighted by atomic mass is 35.5. The molecular weight excluding hydrogens is 250 g/mol. The van der Waals surface area contributed by atoms with E-state index in [-0.39, 0.29) is 0 Å². The topological polar surface area (TPSA) is 50.8 Å². The van der Waals surface area contributed by atoms with Gasteiger partial charge >= 0.3 is 0 Å². The van der Waals surface area contributed by atoms with Crippen LogP contribution in [-0.4, -0.2) is 9.78 Å². The minimum atomic E-state index is 0.354. The van der Waals surface area contributed by atoms with Crippen molar-refractivity contribution in [1.29, 1.82) is 5.26 Å². The van der Waals surface area contributed by atoms with E-state index >= 15 is 0 Å². The fraction of sp³-hybridized carbons (Fsp3) is 0.231. The van der Waals surface area contributed by atoms with Crippen LogP contribution >= 0.6 is 11.6 Å². The molecule has 1 heterocycles. The average molecular weight is 262 g/mol. The van der Waals surface area contributed by atoms with E-state index in [1.165, 1.54) is 0 Å². The summed E-state index contributed by atoms with van der Waals surface area (Å²) in [6, 6.07) is 8.97. The number of benzene rings is 1. The predicted octanol–water partition coefficient (Wildman–Crippen LogP) is 2.83. The van der Waals surface area contributed by atoms with Crippen LogP contribution < -0.4 is 4.74 Å². The highest BCUT2D eigenvalue weighted by Gasteiger charge is 2.07. The van der Waals surface area contributed by atoms with Crippen LogP contribution in [0.4, 0.5) is 0 Å². The molecule has 4 nitrogen and oxygen atoms in total. The standard InChI is InChI=1S/C13H12ClN3O/c1-9-5-12(17(2)16-9)8-18-13-6-11(14)4-3-10(13)7-15/h3-6H,8H2,1-2H3. The summed E-state index contributed by atoms with van der Waals surface area (Å²) in [7, 11) is 1.86. The van der Waals surface area contributed by atoms with Gasteiger partial charge < -0.3 is 4.74 Å². The lowest BCUT2D eigenvalue weighted by atomic mass is 10.2. The zero-order chi connectivity index (χ0) is 13.1. The Kier molecular flexibility index (Phi) is 3.54. The molecule has 0 spiro atoms. The minimum Gasteiger partial charge on any atom is -0.486 e. The van der Waals surface area contributed by atoms with Gasteiger partial charge in [-0.05, 0) is 25.1 Å². The van der Waals surface area contributed by atoms with E-state index in [0.717, 1.165) is 11.4 Å². The molecule has 0 fully saturated rings. The summed E-state index contributed by atoms with van der Waals surface area (Å²) in [5, 5.41) is 13.8. The molecule has 0 saturated carbocycles. The molecule has 2 rings (SSSR count). The second-order valence-corrected chi connectivity index (χ2v) is 4.38. The normalized spacial score (nSPS) is 10.1. The molecule has 18 heavy (non-hydrogen) atoms. The zero-order valence-corrected chi connectivity index (χ0v) is 10.9. The van der Waals surface area contributed by atoms with Crippen LogP contribution in [0.1, 0.15) is 17.0 Å². The molecule has 0 aliphatic rings. The number of nitrogens with zero attached hydrogens (tertiary/aromatic N) is 3. The third kappa shape index (κ3) is 2.63. The number of hydrogen-bond donors (Lipinski definition) is 0. The Hall–Kier alpha value is -1.99. The van der Waals surface area contributed by atoms with Crippen LogP contribution in [0.15, 0.2) is 24.3 Å². The van der Waals surface area contributed by atoms with Crippen molar-refractivity contribution < 1.29 is 4.74 Å². The molecule has 1 aromatic heterocycles. The number of rotatable bonds is 3. The molecule has 0 aliphatic carbocycles. The van der Waals surface area contributed by atoms with Crippen LogP contribution in [0.5, 0.6) is 5.75 Å². The summed E-state index contributed by atoms with van der Waals surface area (Å²) in [4.78, 5) is 0. The number of aromatic nitrogens is 2. The maximum atomic E-state index is 8.97. The Morgan fingerprint density at radius 2 is 2.22 bits per heavy atom. The van der Waals surface area contributed by atoms with Gasteiger partial charge in [0.2, 0.25) is 0 Å². The lowest BCUT2D eigenvalue weighted by molar-refractivity contribution is 0.294. The number of hydrogen-bond acceptors (Lipinski definition) is 3. The van der Waals surface area contributed by atoms with Gasteiger partial charge in [-0.3, -0.25) is 4.68 Å². The second-order valence-electron chi connectivity index (χ2n) is 3.94. The summed E-state index contributed by atoms with van der Waals surface area (Å²) in [5.74, 6) is 0.490. The molecular formula is C13H12ClN3O. The molecule has 0 saturated heterocycles. The third-order valence-electron chi connectivity index (χ3n) is 2.54. The van der Waals surface area contributed by atoms with Crippen LogP contribution in [-0.2, 0) is 13.7 Å². The van der Waals surface area contributed by atoms with Crippen molar-refractivity contribution in [3.05, 3.63) is 46.2 Å². The Morgan fingerprint density at radius 3 is 2.83 bits per heavy atom. The van der Waals surface area contributed by atoms with Gasteiger partial charge in [0, 0.05) is 18.1 Å². The molecule has 0 amide bonds. The highest BCUT2D eigenvalue weighted by molar-refractivity contribution is 6.30. The summed E-state index contributed by atoms with van der Waals surface area (Å²) >= 11 is 5.88. The maximum Gasteiger partial charge on any atom is 0.139 e. The van der Waals surface area contributed by atoms with Gasteiger partial charge in [-0.25, -0.2) is 0 Å². The minimum absolute atomic E-state index is 0.354. The second kappa shape index (κ2) is 5.11. The maximum absolute atomic E-state index is 8.97. The molecule has 2 aromatic rings. The first-order valence-electron chi connectivity index (χ1n) is 5.42. The van der Waals surface area contributed by atoms with Crippen molar-refractivity contribution in [2.24, 2.45) is 7.05 Å². The van der Waals surface area contributed by atoms with Crippen LogP contribution in [0, 0.1) is 18.3 Å². The van der Waals surface area contributed by atoms with E-state index < -0.39 is 0 Å². The van der Waals surface area contributed by atoms with Gasteiger partial charge in [0.05, 0.1) is 17.0 Å². The van der Waals surface area contributed by atoms with Crippen LogP contribution in [0.25, 0.3) is 0 Å². The first-order chi connectivity index (χ1) is 8.60. The van der Waals surface area contributed by atoms with E-state index in [4.69, 9.17) is 21.6 Å². The lowest BCUT2D eigenvalue weighted by Crippen LogP contribution is -2.03. The predicted molar refractivity (Wildman–Crippen MR) is 68.4 cm³/mol. The number of nitriles is 1. The zero-order valence-electron chi connectivity index (χ0n) is 10.1. The summed E-state index contributed by atoms with van der Waals surface area (Å²) < 4.78 is 7.38. The molecule has 0 N–H and O–H groups in total. The Bertz CT molecular complexity index is 613. The Balaban J connectivity index is 2.18. The monoisotopic (exact) mass is 261 g/mol. The number of halogens is 1. The summed E-state index contributed by atoms with van der Waals surface area (Å²) in [6.45, 7) is 2.27. The molecule has 0 atom stereocenters. The SMILES string of the molecule is Cc1cc(COc2cc(Cl)ccc2C#N)n(C)n1. The van der Waals surface area contributed by atoms with Crippen LogP contribution in [0.3, 0.4) is 0 Å². The summed E-state index contributed by atoms with van der Waals surface area (Å²) in [5.41, 5.74) is 2.34. The number of ether oxygens (including phenoxy) is 1. The first-order valence-corrected chi connectivity index (χ1v) is 5.80. The highest BCUT2D eigenvalue weighted by Crippen LogP contribution is 2.23. The van der Waals surface area contributed by atoms with Gasteiger partial charge in [0.1, 0.15) is 18.4 Å². The molecule has 0 aliphatic heterocycles. The van der Waals surface area contributed by atoms with Crippen molar-refractivity contribution in [1.82, 2.24) is 9.78 Å². The fourth-order valence-electron chi connectivity index (χ4n) is 1.66. The van der Waals surface area contributed by atoms with Gasteiger partial charge in [0.15, 0.2) is 0 Å². The van der Waals surface area contributed by atoms with Gasteiger partial charge in [-0.15, -0.1) is 0 Å². The van der Waals surface area contributed by atoms with Crippen molar-refractivity contribution in [3.8, 4) is 11.8 Å². The largest absolute Gasteiger partial charge is 0.486 e. The van der Waals surface area contributed by atoms with E-state index in [2.05, 4.69) is 11.2 Å². The van der Waals surface area contributed by atoms with Crippen molar-refractivity contribution in [3.63, 3.8) is 0 Å². The van der Waals surface area contributed by atoms with E-state index in [0.29, 0.717) is 22.9 Å². The van der Waals surface area contributed by atoms with Gasteiger partial charge in [-0.1, -0.05) is 11.6 Å². The molecule has 5 heteroatoms. The van der Waals surface area contributed by atoms with E-state index in [1.54, 1.807) is 22.9 Å².